The lowest BCUT2D eigenvalue weighted by atomic mass is 10.1. The molecule has 0 aliphatic heterocycles. The zero-order valence-corrected chi connectivity index (χ0v) is 11.6. The Balaban J connectivity index is 2.12. The van der Waals surface area contributed by atoms with E-state index in [1.165, 1.54) is 0 Å². The average Bonchev–Trinajstić information content (AvgIpc) is 2.50. The van der Waals surface area contributed by atoms with E-state index in [0.717, 1.165) is 23.6 Å². The molecule has 103 valence electrons. The van der Waals surface area contributed by atoms with E-state index in [0.29, 0.717) is 12.0 Å². The van der Waals surface area contributed by atoms with Gasteiger partial charge < -0.3 is 5.32 Å². The first kappa shape index (κ1) is 14.3. The lowest BCUT2D eigenvalue weighted by Crippen LogP contribution is -2.35. The van der Waals surface area contributed by atoms with Gasteiger partial charge >= 0.3 is 0 Å². The highest BCUT2D eigenvalue weighted by atomic mass is 16.2. The van der Waals surface area contributed by atoms with Crippen LogP contribution in [-0.2, 0) is 4.79 Å². The van der Waals surface area contributed by atoms with Gasteiger partial charge in [-0.1, -0.05) is 50.1 Å². The third-order valence-corrected chi connectivity index (χ3v) is 3.31. The molecule has 0 bridgehead atoms. The van der Waals surface area contributed by atoms with Crippen molar-refractivity contribution in [1.29, 1.82) is 0 Å². The van der Waals surface area contributed by atoms with Gasteiger partial charge in [-0.2, -0.15) is 0 Å². The van der Waals surface area contributed by atoms with Crippen molar-refractivity contribution in [2.24, 2.45) is 0 Å². The third kappa shape index (κ3) is 3.44. The summed E-state index contributed by atoms with van der Waals surface area (Å²) >= 11 is 0. The monoisotopic (exact) mass is 268 g/mol. The Bertz CT molecular complexity index is 607. The fourth-order valence-corrected chi connectivity index (χ4v) is 2.14. The molecule has 0 aliphatic carbocycles. The van der Waals surface area contributed by atoms with Crippen LogP contribution in [0.4, 0.5) is 0 Å². The average molecular weight is 268 g/mol. The SMILES string of the molecule is CCCC[C@@H]([C]=O)NC(=O)c1ccc2ccccc2c1. The summed E-state index contributed by atoms with van der Waals surface area (Å²) < 4.78 is 0. The molecule has 3 nitrogen and oxygen atoms in total. The zero-order valence-electron chi connectivity index (χ0n) is 11.6. The number of carbonyl (C=O) groups excluding carboxylic acids is 2. The van der Waals surface area contributed by atoms with Crippen molar-refractivity contribution in [3.8, 4) is 0 Å². The van der Waals surface area contributed by atoms with Crippen molar-refractivity contribution in [3.05, 3.63) is 48.0 Å². The highest BCUT2D eigenvalue weighted by Crippen LogP contribution is 2.15. The molecule has 1 amide bonds. The van der Waals surface area contributed by atoms with Crippen molar-refractivity contribution in [2.45, 2.75) is 32.2 Å². The fraction of sp³-hybridized carbons (Fsp3) is 0.294. The van der Waals surface area contributed by atoms with Crippen molar-refractivity contribution in [3.63, 3.8) is 0 Å². The van der Waals surface area contributed by atoms with Gasteiger partial charge in [0.15, 0.2) is 0 Å². The van der Waals surface area contributed by atoms with Crippen LogP contribution in [0.3, 0.4) is 0 Å². The van der Waals surface area contributed by atoms with Crippen LogP contribution in [0.1, 0.15) is 36.5 Å². The first-order chi connectivity index (χ1) is 9.74. The number of hydrogen-bond donors (Lipinski definition) is 1. The topological polar surface area (TPSA) is 46.2 Å². The minimum atomic E-state index is -0.520. The number of unbranched alkanes of at least 4 members (excludes halogenated alkanes) is 1. The summed E-state index contributed by atoms with van der Waals surface area (Å²) in [5, 5.41) is 4.83. The van der Waals surface area contributed by atoms with Crippen LogP contribution >= 0.6 is 0 Å². The minimum absolute atomic E-state index is 0.222. The maximum atomic E-state index is 12.1. The van der Waals surface area contributed by atoms with Gasteiger partial charge in [0.2, 0.25) is 6.29 Å². The lowest BCUT2D eigenvalue weighted by Gasteiger charge is -2.11. The summed E-state index contributed by atoms with van der Waals surface area (Å²) in [7, 11) is 0. The van der Waals surface area contributed by atoms with Crippen LogP contribution in [0.2, 0.25) is 0 Å². The third-order valence-electron chi connectivity index (χ3n) is 3.31. The number of benzene rings is 2. The van der Waals surface area contributed by atoms with Crippen molar-refractivity contribution in [1.82, 2.24) is 5.32 Å². The van der Waals surface area contributed by atoms with Gasteiger partial charge in [0.1, 0.15) is 0 Å². The zero-order chi connectivity index (χ0) is 14.4. The van der Waals surface area contributed by atoms with E-state index in [2.05, 4.69) is 5.32 Å². The fourth-order valence-electron chi connectivity index (χ4n) is 2.14. The van der Waals surface area contributed by atoms with Crippen LogP contribution in [0.5, 0.6) is 0 Å². The Hall–Kier alpha value is -2.16. The lowest BCUT2D eigenvalue weighted by molar-refractivity contribution is 0.0944. The van der Waals surface area contributed by atoms with Crippen molar-refractivity contribution in [2.75, 3.05) is 0 Å². The molecule has 0 saturated carbocycles. The number of fused-ring (bicyclic) bond motifs is 1. The number of rotatable bonds is 6. The summed E-state index contributed by atoms with van der Waals surface area (Å²) in [6.45, 7) is 2.05. The molecular formula is C17H18NO2. The summed E-state index contributed by atoms with van der Waals surface area (Å²) in [5.74, 6) is -0.222. The number of hydrogen-bond acceptors (Lipinski definition) is 2. The van der Waals surface area contributed by atoms with Gasteiger partial charge in [-0.3, -0.25) is 9.59 Å². The van der Waals surface area contributed by atoms with Crippen molar-refractivity contribution < 1.29 is 9.59 Å². The summed E-state index contributed by atoms with van der Waals surface area (Å²) in [6, 6.07) is 12.9. The number of amides is 1. The van der Waals surface area contributed by atoms with Crippen LogP contribution in [0.25, 0.3) is 10.8 Å². The van der Waals surface area contributed by atoms with Crippen LogP contribution in [0.15, 0.2) is 42.5 Å². The smallest absolute Gasteiger partial charge is 0.251 e. The quantitative estimate of drug-likeness (QED) is 0.874. The molecule has 0 aromatic heterocycles. The molecule has 2 rings (SSSR count). The highest BCUT2D eigenvalue weighted by molar-refractivity contribution is 5.99. The summed E-state index contributed by atoms with van der Waals surface area (Å²) in [6.07, 6.45) is 4.42. The molecule has 2 aromatic rings. The molecule has 3 heteroatoms. The molecule has 20 heavy (non-hydrogen) atoms. The van der Waals surface area contributed by atoms with Crippen LogP contribution in [0, 0.1) is 0 Å². The molecule has 0 aliphatic rings. The Morgan fingerprint density at radius 1 is 1.20 bits per heavy atom. The van der Waals surface area contributed by atoms with E-state index < -0.39 is 6.04 Å². The number of nitrogens with one attached hydrogen (secondary N) is 1. The molecule has 0 heterocycles. The van der Waals surface area contributed by atoms with E-state index in [1.54, 1.807) is 6.07 Å². The summed E-state index contributed by atoms with van der Waals surface area (Å²) in [5.41, 5.74) is 0.570. The van der Waals surface area contributed by atoms with E-state index in [9.17, 15) is 9.59 Å². The van der Waals surface area contributed by atoms with E-state index in [-0.39, 0.29) is 5.91 Å². The molecule has 1 atom stereocenters. The largest absolute Gasteiger partial charge is 0.342 e. The van der Waals surface area contributed by atoms with Gasteiger partial charge in [0.25, 0.3) is 5.91 Å². The van der Waals surface area contributed by atoms with E-state index >= 15 is 0 Å². The summed E-state index contributed by atoms with van der Waals surface area (Å²) in [4.78, 5) is 23.0. The van der Waals surface area contributed by atoms with Gasteiger partial charge in [-0.05, 0) is 29.3 Å². The maximum Gasteiger partial charge on any atom is 0.251 e. The Kier molecular flexibility index (Phi) is 4.88. The second-order valence-electron chi connectivity index (χ2n) is 4.85. The number of carbonyl (C=O) groups is 1. The first-order valence-electron chi connectivity index (χ1n) is 6.92. The maximum absolute atomic E-state index is 12.1. The Labute approximate surface area is 119 Å². The van der Waals surface area contributed by atoms with Crippen molar-refractivity contribution >= 4 is 23.0 Å². The van der Waals surface area contributed by atoms with Gasteiger partial charge in [0, 0.05) is 5.56 Å². The minimum Gasteiger partial charge on any atom is -0.342 e. The molecule has 0 fully saturated rings. The van der Waals surface area contributed by atoms with Crippen LogP contribution in [-0.4, -0.2) is 18.2 Å². The van der Waals surface area contributed by atoms with Gasteiger partial charge in [0.05, 0.1) is 6.04 Å². The van der Waals surface area contributed by atoms with E-state index in [1.807, 2.05) is 49.6 Å². The molecule has 0 saturated heterocycles. The Morgan fingerprint density at radius 3 is 2.65 bits per heavy atom. The van der Waals surface area contributed by atoms with E-state index in [4.69, 9.17) is 0 Å². The molecule has 2 aromatic carbocycles. The second-order valence-corrected chi connectivity index (χ2v) is 4.85. The molecule has 1 N–H and O–H groups in total. The first-order valence-corrected chi connectivity index (χ1v) is 6.92. The molecular weight excluding hydrogens is 250 g/mol. The second kappa shape index (κ2) is 6.85. The molecule has 1 radical (unpaired) electrons. The van der Waals surface area contributed by atoms with Crippen LogP contribution < -0.4 is 5.32 Å². The Morgan fingerprint density at radius 2 is 1.95 bits per heavy atom. The predicted octanol–water partition coefficient (Wildman–Crippen LogP) is 3.24. The molecule has 0 spiro atoms. The predicted molar refractivity (Wildman–Crippen MR) is 80.4 cm³/mol. The molecule has 0 unspecified atom stereocenters. The highest BCUT2D eigenvalue weighted by Gasteiger charge is 2.13. The van der Waals surface area contributed by atoms with Gasteiger partial charge in [-0.25, -0.2) is 0 Å². The standard InChI is InChI=1S/C17H18NO2/c1-2-3-8-16(12-19)18-17(20)15-10-9-13-6-4-5-7-14(13)11-15/h4-7,9-11,16H,2-3,8H2,1H3,(H,18,20)/t16-/m0/s1. The van der Waals surface area contributed by atoms with Gasteiger partial charge in [-0.15, -0.1) is 0 Å². The normalized spacial score (nSPS) is 12.1.